The lowest BCUT2D eigenvalue weighted by molar-refractivity contribution is -0.126. The van der Waals surface area contributed by atoms with Crippen LogP contribution in [0, 0.1) is 5.92 Å². The molecule has 1 amide bonds. The minimum absolute atomic E-state index is 0.521. The Balaban J connectivity index is 3.68. The summed E-state index contributed by atoms with van der Waals surface area (Å²) < 4.78 is 0. The van der Waals surface area contributed by atoms with Crippen LogP contribution in [0.2, 0.25) is 0 Å². The summed E-state index contributed by atoms with van der Waals surface area (Å²) in [4.78, 5) is 20.3. The molecule has 0 heterocycles. The lowest BCUT2D eigenvalue weighted by Crippen LogP contribution is -2.23. The fourth-order valence-corrected chi connectivity index (χ4v) is 0.588. The predicted molar refractivity (Wildman–Crippen MR) is 33.7 cm³/mol. The molecule has 9 heavy (non-hydrogen) atoms. The van der Waals surface area contributed by atoms with E-state index in [9.17, 15) is 9.59 Å². The first-order valence-electron chi connectivity index (χ1n) is 2.97. The van der Waals surface area contributed by atoms with Gasteiger partial charge in [-0.25, -0.2) is 0 Å². The second kappa shape index (κ2) is 4.06. The van der Waals surface area contributed by atoms with E-state index < -0.39 is 11.8 Å². The third-order valence-corrected chi connectivity index (χ3v) is 1.13. The van der Waals surface area contributed by atoms with Gasteiger partial charge in [0.2, 0.25) is 5.91 Å². The number of nitrogens with two attached hydrogens (primary N) is 1. The molecule has 0 aliphatic heterocycles. The van der Waals surface area contributed by atoms with Gasteiger partial charge < -0.3 is 10.5 Å². The lowest BCUT2D eigenvalue weighted by atomic mass is 10.1. The largest absolute Gasteiger partial charge is 0.369 e. The van der Waals surface area contributed by atoms with E-state index in [0.717, 1.165) is 6.42 Å². The van der Waals surface area contributed by atoms with E-state index in [-0.39, 0.29) is 0 Å². The van der Waals surface area contributed by atoms with Crippen molar-refractivity contribution < 1.29 is 9.59 Å². The molecule has 3 nitrogen and oxygen atoms in total. The van der Waals surface area contributed by atoms with Crippen LogP contribution in [-0.4, -0.2) is 12.2 Å². The molecule has 0 rings (SSSR count). The van der Waals surface area contributed by atoms with Crippen molar-refractivity contribution in [3.63, 3.8) is 0 Å². The molecular weight excluding hydrogens is 118 g/mol. The molecule has 0 saturated carbocycles. The van der Waals surface area contributed by atoms with E-state index in [1.54, 1.807) is 0 Å². The summed E-state index contributed by atoms with van der Waals surface area (Å²) in [7, 11) is 0. The van der Waals surface area contributed by atoms with Crippen LogP contribution in [0.4, 0.5) is 0 Å². The zero-order valence-corrected chi connectivity index (χ0v) is 5.46. The summed E-state index contributed by atoms with van der Waals surface area (Å²) in [5, 5.41) is 0. The number of carbonyl (C=O) groups is 2. The van der Waals surface area contributed by atoms with Crippen LogP contribution in [0.15, 0.2) is 0 Å². The number of hydrogen-bond acceptors (Lipinski definition) is 2. The summed E-state index contributed by atoms with van der Waals surface area (Å²) in [6, 6.07) is 0. The van der Waals surface area contributed by atoms with Crippen LogP contribution in [0.25, 0.3) is 0 Å². The maximum Gasteiger partial charge on any atom is 0.227 e. The average molecular weight is 129 g/mol. The third-order valence-electron chi connectivity index (χ3n) is 1.13. The first-order valence-corrected chi connectivity index (χ1v) is 2.97. The maximum absolute atomic E-state index is 10.3. The van der Waals surface area contributed by atoms with E-state index in [0.29, 0.717) is 12.7 Å². The molecule has 0 fully saturated rings. The molecule has 2 N–H and O–H groups in total. The van der Waals surface area contributed by atoms with Gasteiger partial charge in [0.15, 0.2) is 0 Å². The lowest BCUT2D eigenvalue weighted by Gasteiger charge is -2.00. The molecule has 0 aliphatic rings. The molecule has 0 aromatic heterocycles. The second-order valence-electron chi connectivity index (χ2n) is 1.93. The van der Waals surface area contributed by atoms with Crippen molar-refractivity contribution in [2.45, 2.75) is 19.8 Å². The molecule has 0 bridgehead atoms. The van der Waals surface area contributed by atoms with Gasteiger partial charge in [-0.1, -0.05) is 13.3 Å². The fraction of sp³-hybridized carbons (Fsp3) is 0.667. The van der Waals surface area contributed by atoms with E-state index in [4.69, 9.17) is 5.73 Å². The molecular formula is C6H11NO2. The molecule has 0 radical (unpaired) electrons. The summed E-state index contributed by atoms with van der Waals surface area (Å²) in [6.07, 6.45) is 1.98. The zero-order chi connectivity index (χ0) is 7.28. The smallest absolute Gasteiger partial charge is 0.227 e. The van der Waals surface area contributed by atoms with Gasteiger partial charge in [-0.3, -0.25) is 4.79 Å². The Labute approximate surface area is 54.2 Å². The Morgan fingerprint density at radius 1 is 1.78 bits per heavy atom. The summed E-state index contributed by atoms with van der Waals surface area (Å²) in [6.45, 7) is 1.90. The average Bonchev–Trinajstić information content (AvgIpc) is 1.82. The molecule has 1 atom stereocenters. The number of amides is 1. The van der Waals surface area contributed by atoms with Gasteiger partial charge in [-0.2, -0.15) is 0 Å². The molecule has 0 spiro atoms. The molecule has 52 valence electrons. The van der Waals surface area contributed by atoms with Crippen LogP contribution in [0.1, 0.15) is 19.8 Å². The molecule has 0 aromatic carbocycles. The molecule has 3 heteroatoms. The summed E-state index contributed by atoms with van der Waals surface area (Å²) in [5.41, 5.74) is 4.86. The van der Waals surface area contributed by atoms with Gasteiger partial charge >= 0.3 is 0 Å². The third kappa shape index (κ3) is 2.85. The standard InChI is InChI=1S/C6H11NO2/c1-2-3-5(4-8)6(7)9/h4-5H,2-3H2,1H3,(H2,7,9). The fourth-order valence-electron chi connectivity index (χ4n) is 0.588. The first-order chi connectivity index (χ1) is 4.22. The molecule has 0 aromatic rings. The normalized spacial score (nSPS) is 12.6. The summed E-state index contributed by atoms with van der Waals surface area (Å²) in [5.74, 6) is -1.10. The number of carbonyl (C=O) groups excluding carboxylic acids is 2. The monoisotopic (exact) mass is 129 g/mol. The van der Waals surface area contributed by atoms with Crippen molar-refractivity contribution in [3.05, 3.63) is 0 Å². The highest BCUT2D eigenvalue weighted by atomic mass is 16.2. The highest BCUT2D eigenvalue weighted by Gasteiger charge is 2.11. The van der Waals surface area contributed by atoms with E-state index >= 15 is 0 Å². The van der Waals surface area contributed by atoms with Gasteiger partial charge in [-0.05, 0) is 6.42 Å². The SMILES string of the molecule is CCCC(C=O)C(N)=O. The molecule has 0 aliphatic carbocycles. The van der Waals surface area contributed by atoms with Crippen molar-refractivity contribution in [2.24, 2.45) is 11.7 Å². The van der Waals surface area contributed by atoms with Crippen LogP contribution in [0.3, 0.4) is 0 Å². The highest BCUT2D eigenvalue weighted by molar-refractivity contribution is 5.90. The topological polar surface area (TPSA) is 60.2 Å². The van der Waals surface area contributed by atoms with Crippen molar-refractivity contribution >= 4 is 12.2 Å². The van der Waals surface area contributed by atoms with Crippen LogP contribution in [0.5, 0.6) is 0 Å². The van der Waals surface area contributed by atoms with Crippen molar-refractivity contribution in [1.82, 2.24) is 0 Å². The highest BCUT2D eigenvalue weighted by Crippen LogP contribution is 2.00. The minimum Gasteiger partial charge on any atom is -0.369 e. The van der Waals surface area contributed by atoms with Crippen LogP contribution >= 0.6 is 0 Å². The van der Waals surface area contributed by atoms with E-state index in [1.165, 1.54) is 0 Å². The Bertz CT molecular complexity index is 112. The van der Waals surface area contributed by atoms with Crippen LogP contribution in [-0.2, 0) is 9.59 Å². The van der Waals surface area contributed by atoms with Crippen molar-refractivity contribution in [2.75, 3.05) is 0 Å². The summed E-state index contributed by atoms with van der Waals surface area (Å²) >= 11 is 0. The van der Waals surface area contributed by atoms with Gasteiger partial charge in [0.1, 0.15) is 6.29 Å². The van der Waals surface area contributed by atoms with Crippen molar-refractivity contribution in [1.29, 1.82) is 0 Å². The minimum atomic E-state index is -0.574. The first kappa shape index (κ1) is 8.14. The molecule has 0 saturated heterocycles. The van der Waals surface area contributed by atoms with E-state index in [1.807, 2.05) is 6.92 Å². The van der Waals surface area contributed by atoms with Gasteiger partial charge in [-0.15, -0.1) is 0 Å². The maximum atomic E-state index is 10.3. The second-order valence-corrected chi connectivity index (χ2v) is 1.93. The Morgan fingerprint density at radius 2 is 2.33 bits per heavy atom. The Kier molecular flexibility index (Phi) is 3.67. The van der Waals surface area contributed by atoms with Crippen molar-refractivity contribution in [3.8, 4) is 0 Å². The number of primary amides is 1. The number of hydrogen-bond donors (Lipinski definition) is 1. The predicted octanol–water partition coefficient (Wildman–Crippen LogP) is 0.0869. The Hall–Kier alpha value is -0.860. The molecule has 1 unspecified atom stereocenters. The number of rotatable bonds is 4. The van der Waals surface area contributed by atoms with Gasteiger partial charge in [0.05, 0.1) is 5.92 Å². The quantitative estimate of drug-likeness (QED) is 0.432. The zero-order valence-electron chi connectivity index (χ0n) is 5.46. The number of aldehydes is 1. The van der Waals surface area contributed by atoms with Crippen LogP contribution < -0.4 is 5.73 Å². The van der Waals surface area contributed by atoms with Gasteiger partial charge in [0.25, 0.3) is 0 Å². The van der Waals surface area contributed by atoms with Gasteiger partial charge in [0, 0.05) is 0 Å². The van der Waals surface area contributed by atoms with E-state index in [2.05, 4.69) is 0 Å². The Morgan fingerprint density at radius 3 is 2.44 bits per heavy atom.